The van der Waals surface area contributed by atoms with Gasteiger partial charge in [-0.2, -0.15) is 5.10 Å². The van der Waals surface area contributed by atoms with Gasteiger partial charge in [-0.25, -0.2) is 10.4 Å². The molecule has 0 fully saturated rings. The van der Waals surface area contributed by atoms with Gasteiger partial charge < -0.3 is 10.2 Å². The zero-order valence-corrected chi connectivity index (χ0v) is 13.9. The Morgan fingerprint density at radius 3 is 2.75 bits per heavy atom. The number of amides is 1. The van der Waals surface area contributed by atoms with Gasteiger partial charge in [0, 0.05) is 9.86 Å². The Labute approximate surface area is 145 Å². The minimum atomic E-state index is -0.542. The third kappa shape index (κ3) is 3.36. The number of para-hydroxylation sites is 1. The molecule has 0 aliphatic rings. The van der Waals surface area contributed by atoms with E-state index in [9.17, 15) is 15.0 Å². The van der Waals surface area contributed by atoms with Crippen molar-refractivity contribution in [1.29, 1.82) is 0 Å². The van der Waals surface area contributed by atoms with Crippen molar-refractivity contribution in [3.05, 3.63) is 64.3 Å². The maximum atomic E-state index is 12.0. The number of carbonyl (C=O) groups is 1. The van der Waals surface area contributed by atoms with Crippen LogP contribution in [0.5, 0.6) is 11.5 Å². The third-order valence-electron chi connectivity index (χ3n) is 3.29. The number of hydrogen-bond acceptors (Lipinski definition) is 5. The fourth-order valence-electron chi connectivity index (χ4n) is 2.13. The highest BCUT2D eigenvalue weighted by Gasteiger charge is 2.10. The lowest BCUT2D eigenvalue weighted by Crippen LogP contribution is -2.17. The van der Waals surface area contributed by atoms with E-state index < -0.39 is 5.91 Å². The summed E-state index contributed by atoms with van der Waals surface area (Å²) in [6, 6.07) is 13.2. The Morgan fingerprint density at radius 2 is 1.96 bits per heavy atom. The molecule has 1 aromatic heterocycles. The van der Waals surface area contributed by atoms with Crippen molar-refractivity contribution in [2.45, 2.75) is 0 Å². The van der Waals surface area contributed by atoms with Gasteiger partial charge in [-0.05, 0) is 30.3 Å². The third-order valence-corrected chi connectivity index (χ3v) is 3.78. The van der Waals surface area contributed by atoms with Crippen LogP contribution < -0.4 is 5.43 Å². The molecule has 1 amide bonds. The van der Waals surface area contributed by atoms with Crippen LogP contribution in [-0.2, 0) is 0 Å². The summed E-state index contributed by atoms with van der Waals surface area (Å²) in [7, 11) is 0. The Bertz CT molecular complexity index is 957. The van der Waals surface area contributed by atoms with Gasteiger partial charge in [0.1, 0.15) is 17.0 Å². The summed E-state index contributed by atoms with van der Waals surface area (Å²) >= 11 is 3.20. The van der Waals surface area contributed by atoms with Gasteiger partial charge in [-0.1, -0.05) is 34.1 Å². The molecular formula is C17H12BrN3O3. The lowest BCUT2D eigenvalue weighted by atomic mass is 10.2. The predicted molar refractivity (Wildman–Crippen MR) is 94.3 cm³/mol. The molecular weight excluding hydrogens is 374 g/mol. The first kappa shape index (κ1) is 15.9. The molecule has 3 rings (SSSR count). The van der Waals surface area contributed by atoms with E-state index in [-0.39, 0.29) is 17.1 Å². The van der Waals surface area contributed by atoms with Crippen LogP contribution in [0.25, 0.3) is 10.9 Å². The van der Waals surface area contributed by atoms with E-state index >= 15 is 0 Å². The van der Waals surface area contributed by atoms with E-state index in [1.807, 2.05) is 6.07 Å². The van der Waals surface area contributed by atoms with Gasteiger partial charge in [-0.15, -0.1) is 0 Å². The van der Waals surface area contributed by atoms with E-state index in [2.05, 4.69) is 31.4 Å². The normalized spacial score (nSPS) is 11.0. The van der Waals surface area contributed by atoms with E-state index in [1.165, 1.54) is 18.3 Å². The average molecular weight is 386 g/mol. The van der Waals surface area contributed by atoms with E-state index in [4.69, 9.17) is 0 Å². The van der Waals surface area contributed by atoms with E-state index in [0.717, 1.165) is 5.39 Å². The van der Waals surface area contributed by atoms with Crippen LogP contribution in [0.4, 0.5) is 0 Å². The van der Waals surface area contributed by atoms with Gasteiger partial charge in [0.15, 0.2) is 0 Å². The van der Waals surface area contributed by atoms with E-state index in [0.29, 0.717) is 15.7 Å². The van der Waals surface area contributed by atoms with Crippen LogP contribution in [-0.4, -0.2) is 27.3 Å². The summed E-state index contributed by atoms with van der Waals surface area (Å²) in [4.78, 5) is 16.2. The van der Waals surface area contributed by atoms with Crippen LogP contribution >= 0.6 is 15.9 Å². The lowest BCUT2D eigenvalue weighted by molar-refractivity contribution is 0.0952. The van der Waals surface area contributed by atoms with Gasteiger partial charge >= 0.3 is 0 Å². The van der Waals surface area contributed by atoms with Gasteiger partial charge in [0.2, 0.25) is 0 Å². The van der Waals surface area contributed by atoms with Crippen molar-refractivity contribution in [2.75, 3.05) is 0 Å². The highest BCUT2D eigenvalue weighted by molar-refractivity contribution is 9.10. The minimum absolute atomic E-state index is 0.0755. The molecule has 3 aromatic rings. The molecule has 6 nitrogen and oxygen atoms in total. The summed E-state index contributed by atoms with van der Waals surface area (Å²) in [5.74, 6) is -0.614. The number of phenols is 2. The Morgan fingerprint density at radius 1 is 1.12 bits per heavy atom. The number of phenolic OH excluding ortho intramolecular Hbond substituents is 2. The van der Waals surface area contributed by atoms with Crippen LogP contribution in [0.3, 0.4) is 0 Å². The number of pyridine rings is 1. The maximum absolute atomic E-state index is 12.0. The Balaban J connectivity index is 1.76. The van der Waals surface area contributed by atoms with Crippen LogP contribution in [0.2, 0.25) is 0 Å². The highest BCUT2D eigenvalue weighted by atomic mass is 79.9. The second kappa shape index (κ2) is 6.67. The number of aromatic hydroxyl groups is 2. The molecule has 7 heteroatoms. The zero-order chi connectivity index (χ0) is 17.1. The summed E-state index contributed by atoms with van der Waals surface area (Å²) < 4.78 is 0.667. The number of halogens is 1. The Hall–Kier alpha value is -2.93. The number of rotatable bonds is 3. The number of fused-ring (bicyclic) bond motifs is 1. The van der Waals surface area contributed by atoms with Crippen molar-refractivity contribution in [3.8, 4) is 11.5 Å². The molecule has 0 atom stereocenters. The zero-order valence-electron chi connectivity index (χ0n) is 12.3. The summed E-state index contributed by atoms with van der Waals surface area (Å²) in [5.41, 5.74) is 3.37. The number of nitrogens with zero attached hydrogens (tertiary/aromatic N) is 2. The maximum Gasteiger partial charge on any atom is 0.275 e. The number of aromatic nitrogens is 1. The summed E-state index contributed by atoms with van der Waals surface area (Å²) in [6.07, 6.45) is 1.36. The summed E-state index contributed by atoms with van der Waals surface area (Å²) in [5, 5.41) is 24.2. The second-order valence-electron chi connectivity index (χ2n) is 4.95. The fourth-order valence-corrected chi connectivity index (χ4v) is 2.48. The molecule has 0 aliphatic carbocycles. The molecule has 0 unspecified atom stereocenters. The number of nitrogens with one attached hydrogen (secondary N) is 1. The van der Waals surface area contributed by atoms with Crippen LogP contribution in [0.15, 0.2) is 58.1 Å². The van der Waals surface area contributed by atoms with Crippen molar-refractivity contribution < 1.29 is 15.0 Å². The standard InChI is InChI=1S/C17H12BrN3O3/c18-11-5-7-13(15(23)8-11)17(24)21-19-9-12-6-4-10-2-1-3-14(22)16(10)20-12/h1-9,22-23H,(H,21,24). The quantitative estimate of drug-likeness (QED) is 0.476. The topological polar surface area (TPSA) is 94.8 Å². The largest absolute Gasteiger partial charge is 0.507 e. The monoisotopic (exact) mass is 385 g/mol. The van der Waals surface area contributed by atoms with Crippen molar-refractivity contribution in [2.24, 2.45) is 5.10 Å². The fraction of sp³-hybridized carbons (Fsp3) is 0. The molecule has 2 aromatic carbocycles. The van der Waals surface area contributed by atoms with Crippen LogP contribution in [0.1, 0.15) is 16.1 Å². The predicted octanol–water partition coefficient (Wildman–Crippen LogP) is 3.17. The van der Waals surface area contributed by atoms with Gasteiger partial charge in [-0.3, -0.25) is 4.79 Å². The Kier molecular flexibility index (Phi) is 4.43. The second-order valence-corrected chi connectivity index (χ2v) is 5.86. The van der Waals surface area contributed by atoms with E-state index in [1.54, 1.807) is 30.3 Å². The molecule has 0 saturated carbocycles. The number of carbonyl (C=O) groups excluding carboxylic acids is 1. The molecule has 0 spiro atoms. The molecule has 0 bridgehead atoms. The smallest absolute Gasteiger partial charge is 0.275 e. The number of benzene rings is 2. The van der Waals surface area contributed by atoms with Crippen molar-refractivity contribution in [1.82, 2.24) is 10.4 Å². The first-order valence-corrected chi connectivity index (χ1v) is 7.74. The molecule has 0 aliphatic heterocycles. The molecule has 120 valence electrons. The summed E-state index contributed by atoms with van der Waals surface area (Å²) in [6.45, 7) is 0. The van der Waals surface area contributed by atoms with Gasteiger partial charge in [0.25, 0.3) is 5.91 Å². The average Bonchev–Trinajstić information content (AvgIpc) is 2.55. The number of hydrogen-bond donors (Lipinski definition) is 3. The SMILES string of the molecule is O=C(NN=Cc1ccc2cccc(O)c2n1)c1ccc(Br)cc1O. The van der Waals surface area contributed by atoms with Gasteiger partial charge in [0.05, 0.1) is 17.5 Å². The lowest BCUT2D eigenvalue weighted by Gasteiger charge is -2.03. The first-order chi connectivity index (χ1) is 11.5. The minimum Gasteiger partial charge on any atom is -0.507 e. The van der Waals surface area contributed by atoms with Crippen LogP contribution in [0, 0.1) is 0 Å². The molecule has 0 saturated heterocycles. The molecule has 0 radical (unpaired) electrons. The molecule has 3 N–H and O–H groups in total. The van der Waals surface area contributed by atoms with Crippen molar-refractivity contribution in [3.63, 3.8) is 0 Å². The van der Waals surface area contributed by atoms with Crippen molar-refractivity contribution >= 4 is 39.0 Å². The molecule has 1 heterocycles. The number of hydrazone groups is 1. The molecule has 24 heavy (non-hydrogen) atoms. The first-order valence-electron chi connectivity index (χ1n) is 6.95. The highest BCUT2D eigenvalue weighted by Crippen LogP contribution is 2.23.